The summed E-state index contributed by atoms with van der Waals surface area (Å²) in [6.07, 6.45) is -0.660. The van der Waals surface area contributed by atoms with Crippen molar-refractivity contribution in [2.75, 3.05) is 0 Å². The number of carbonyl (C=O) groups is 1. The number of rotatable bonds is 2. The molecule has 1 aliphatic rings. The average Bonchev–Trinajstić information content (AvgIpc) is 2.71. The Balaban J connectivity index is 1.93. The van der Waals surface area contributed by atoms with Crippen LogP contribution in [0.15, 0.2) is 0 Å². The second-order valence-electron chi connectivity index (χ2n) is 5.50. The van der Waals surface area contributed by atoms with Crippen LogP contribution in [0.1, 0.15) is 33.8 Å². The third-order valence-electron chi connectivity index (χ3n) is 3.75. The highest BCUT2D eigenvalue weighted by Gasteiger charge is 2.46. The number of aromatic nitrogens is 1. The van der Waals surface area contributed by atoms with E-state index >= 15 is 0 Å². The molecule has 0 radical (unpaired) electrons. The molecule has 2 heterocycles. The van der Waals surface area contributed by atoms with Crippen LogP contribution >= 0.6 is 34.5 Å². The first-order valence-electron chi connectivity index (χ1n) is 6.63. The summed E-state index contributed by atoms with van der Waals surface area (Å²) in [5.41, 5.74) is 1.43. The van der Waals surface area contributed by atoms with E-state index in [0.717, 1.165) is 16.9 Å². The molecule has 8 heteroatoms. The number of hydrogen-bond acceptors (Lipinski definition) is 3. The molecular weight excluding hydrogens is 353 g/mol. The lowest BCUT2D eigenvalue weighted by atomic mass is 9.88. The first kappa shape index (κ1) is 15.9. The largest absolute Gasteiger partial charge is 0.348 e. The lowest BCUT2D eigenvalue weighted by molar-refractivity contribution is -0.0901. The van der Waals surface area contributed by atoms with Crippen LogP contribution in [-0.4, -0.2) is 22.9 Å². The van der Waals surface area contributed by atoms with E-state index in [1.165, 1.54) is 0 Å². The molecule has 0 atom stereocenters. The number of aryl methyl sites for hydroxylation is 2. The molecule has 0 aromatic carbocycles. The molecule has 22 heavy (non-hydrogen) atoms. The minimum Gasteiger partial charge on any atom is -0.348 e. The Morgan fingerprint density at radius 3 is 2.55 bits per heavy atom. The van der Waals surface area contributed by atoms with Crippen molar-refractivity contribution in [2.45, 2.75) is 38.7 Å². The van der Waals surface area contributed by atoms with Crippen molar-refractivity contribution in [3.05, 3.63) is 26.2 Å². The molecule has 1 fully saturated rings. The highest BCUT2D eigenvalue weighted by Crippen LogP contribution is 2.41. The summed E-state index contributed by atoms with van der Waals surface area (Å²) in [7, 11) is 0. The minimum absolute atomic E-state index is 0.274. The Hall–Kier alpha value is -0.980. The van der Waals surface area contributed by atoms with Gasteiger partial charge in [-0.05, 0) is 19.4 Å². The van der Waals surface area contributed by atoms with Crippen molar-refractivity contribution in [1.82, 2.24) is 10.3 Å². The van der Waals surface area contributed by atoms with E-state index in [-0.39, 0.29) is 22.7 Å². The van der Waals surface area contributed by atoms with Crippen LogP contribution in [-0.2, 0) is 0 Å². The standard InChI is InChI=1S/C14H12Cl2F2N2OS/c1-5-8-10(16)11(22-13(8)19-6(2)9(5)15)12(21)20-7-3-14(17,18)4-7/h7H,3-4H2,1-2H3,(H,20,21). The predicted molar refractivity (Wildman–Crippen MR) is 84.5 cm³/mol. The van der Waals surface area contributed by atoms with Crippen LogP contribution in [0.3, 0.4) is 0 Å². The Morgan fingerprint density at radius 1 is 1.32 bits per heavy atom. The first-order valence-corrected chi connectivity index (χ1v) is 8.20. The zero-order valence-electron chi connectivity index (χ0n) is 11.8. The monoisotopic (exact) mass is 364 g/mol. The maximum Gasteiger partial charge on any atom is 0.263 e. The van der Waals surface area contributed by atoms with Gasteiger partial charge in [0.25, 0.3) is 11.8 Å². The third kappa shape index (κ3) is 2.57. The van der Waals surface area contributed by atoms with Crippen molar-refractivity contribution in [3.8, 4) is 0 Å². The van der Waals surface area contributed by atoms with Crippen molar-refractivity contribution >= 4 is 50.7 Å². The molecule has 1 N–H and O–H groups in total. The number of halogens is 4. The first-order chi connectivity index (χ1) is 10.2. The van der Waals surface area contributed by atoms with E-state index in [2.05, 4.69) is 10.3 Å². The summed E-state index contributed by atoms with van der Waals surface area (Å²) < 4.78 is 25.7. The number of pyridine rings is 1. The van der Waals surface area contributed by atoms with E-state index in [4.69, 9.17) is 23.2 Å². The quantitative estimate of drug-likeness (QED) is 0.835. The number of nitrogens with one attached hydrogen (secondary N) is 1. The van der Waals surface area contributed by atoms with Crippen LogP contribution in [0.25, 0.3) is 10.2 Å². The molecule has 3 nitrogen and oxygen atoms in total. The van der Waals surface area contributed by atoms with Gasteiger partial charge in [-0.15, -0.1) is 11.3 Å². The summed E-state index contributed by atoms with van der Waals surface area (Å²) in [6.45, 7) is 3.59. The van der Waals surface area contributed by atoms with Crippen molar-refractivity contribution in [2.24, 2.45) is 0 Å². The van der Waals surface area contributed by atoms with Gasteiger partial charge in [0, 0.05) is 24.3 Å². The summed E-state index contributed by atoms with van der Waals surface area (Å²) in [6, 6.07) is -0.511. The molecule has 2 aromatic rings. The fourth-order valence-corrected chi connectivity index (χ4v) is 4.25. The number of hydrogen-bond donors (Lipinski definition) is 1. The maximum atomic E-state index is 12.8. The van der Waals surface area contributed by atoms with Gasteiger partial charge in [-0.3, -0.25) is 4.79 Å². The molecule has 0 unspecified atom stereocenters. The van der Waals surface area contributed by atoms with Crippen molar-refractivity contribution < 1.29 is 13.6 Å². The number of alkyl halides is 2. The van der Waals surface area contributed by atoms with Crippen molar-refractivity contribution in [3.63, 3.8) is 0 Å². The van der Waals surface area contributed by atoms with Crippen LogP contribution in [0, 0.1) is 13.8 Å². The van der Waals surface area contributed by atoms with Gasteiger partial charge in [-0.25, -0.2) is 13.8 Å². The number of fused-ring (bicyclic) bond motifs is 1. The number of carbonyl (C=O) groups excluding carboxylic acids is 1. The van der Waals surface area contributed by atoms with Gasteiger partial charge in [0.2, 0.25) is 0 Å². The van der Waals surface area contributed by atoms with E-state index in [1.807, 2.05) is 6.92 Å². The Labute approximate surface area is 139 Å². The summed E-state index contributed by atoms with van der Waals surface area (Å²) in [5.74, 6) is -3.12. The molecule has 0 aliphatic heterocycles. The zero-order valence-corrected chi connectivity index (χ0v) is 14.1. The van der Waals surface area contributed by atoms with Gasteiger partial charge >= 0.3 is 0 Å². The van der Waals surface area contributed by atoms with Crippen LogP contribution in [0.4, 0.5) is 8.78 Å². The summed E-state index contributed by atoms with van der Waals surface area (Å²) >= 11 is 13.6. The van der Waals surface area contributed by atoms with Gasteiger partial charge in [0.1, 0.15) is 9.71 Å². The van der Waals surface area contributed by atoms with E-state index in [0.29, 0.717) is 20.9 Å². The van der Waals surface area contributed by atoms with Gasteiger partial charge in [0.05, 0.1) is 15.7 Å². The highest BCUT2D eigenvalue weighted by atomic mass is 35.5. The van der Waals surface area contributed by atoms with Crippen LogP contribution in [0.2, 0.25) is 10.0 Å². The summed E-state index contributed by atoms with van der Waals surface area (Å²) in [5, 5.41) is 4.02. The molecule has 2 aromatic heterocycles. The fourth-order valence-electron chi connectivity index (χ4n) is 2.55. The molecule has 0 spiro atoms. The minimum atomic E-state index is -2.68. The number of nitrogens with zero attached hydrogens (tertiary/aromatic N) is 1. The van der Waals surface area contributed by atoms with Gasteiger partial charge in [-0.2, -0.15) is 0 Å². The molecule has 1 amide bonds. The molecule has 1 saturated carbocycles. The molecule has 3 rings (SSSR count). The van der Waals surface area contributed by atoms with Gasteiger partial charge < -0.3 is 5.32 Å². The lowest BCUT2D eigenvalue weighted by Crippen LogP contribution is -2.50. The van der Waals surface area contributed by atoms with Crippen LogP contribution in [0.5, 0.6) is 0 Å². The van der Waals surface area contributed by atoms with Gasteiger partial charge in [0.15, 0.2) is 0 Å². The Bertz CT molecular complexity index is 783. The zero-order chi connectivity index (χ0) is 16.2. The Morgan fingerprint density at radius 2 is 1.95 bits per heavy atom. The van der Waals surface area contributed by atoms with Crippen molar-refractivity contribution in [1.29, 1.82) is 0 Å². The molecular formula is C14H12Cl2F2N2OS. The van der Waals surface area contributed by atoms with Gasteiger partial charge in [-0.1, -0.05) is 23.2 Å². The molecule has 118 valence electrons. The lowest BCUT2D eigenvalue weighted by Gasteiger charge is -2.35. The SMILES string of the molecule is Cc1nc2sc(C(=O)NC3CC(F)(F)C3)c(Cl)c2c(C)c1Cl. The normalized spacial score (nSPS) is 17.5. The molecule has 1 aliphatic carbocycles. The maximum absolute atomic E-state index is 12.8. The Kier molecular flexibility index (Phi) is 3.82. The average molecular weight is 365 g/mol. The van der Waals surface area contributed by atoms with Crippen LogP contribution < -0.4 is 5.32 Å². The smallest absolute Gasteiger partial charge is 0.263 e. The molecule has 0 bridgehead atoms. The topological polar surface area (TPSA) is 42.0 Å². The second-order valence-corrected chi connectivity index (χ2v) is 7.25. The third-order valence-corrected chi connectivity index (χ3v) is 5.88. The highest BCUT2D eigenvalue weighted by molar-refractivity contribution is 7.21. The fraction of sp³-hybridized carbons (Fsp3) is 0.429. The van der Waals surface area contributed by atoms with E-state index in [9.17, 15) is 13.6 Å². The number of thiophene rings is 1. The molecule has 0 saturated heterocycles. The van der Waals surface area contributed by atoms with E-state index in [1.54, 1.807) is 6.92 Å². The van der Waals surface area contributed by atoms with E-state index < -0.39 is 17.9 Å². The second kappa shape index (κ2) is 5.28. The summed E-state index contributed by atoms with van der Waals surface area (Å²) in [4.78, 5) is 17.5. The predicted octanol–water partition coefficient (Wildman–Crippen LogP) is 4.75. The number of amides is 1.